The van der Waals surface area contributed by atoms with E-state index in [-0.39, 0.29) is 0 Å². The summed E-state index contributed by atoms with van der Waals surface area (Å²) >= 11 is 0. The van der Waals surface area contributed by atoms with Crippen molar-refractivity contribution in [2.75, 3.05) is 13.3 Å². The highest BCUT2D eigenvalue weighted by Gasteiger charge is 2.03. The first kappa shape index (κ1) is 6.05. The monoisotopic (exact) mass is 115 g/mol. The molecule has 1 atom stereocenters. The van der Waals surface area contributed by atoms with E-state index in [1.165, 1.54) is 12.8 Å². The normalized spacial score (nSPS) is 31.9. The molecule has 0 bridgehead atoms. The Hall–Kier alpha value is -0.0800. The second-order valence-electron chi connectivity index (χ2n) is 2.30. The quantitative estimate of drug-likeness (QED) is 0.502. The summed E-state index contributed by atoms with van der Waals surface area (Å²) in [6.45, 7) is 3.85. The van der Waals surface area contributed by atoms with Crippen molar-refractivity contribution in [3.63, 3.8) is 0 Å². The summed E-state index contributed by atoms with van der Waals surface area (Å²) in [5, 5.41) is 3.22. The zero-order valence-corrected chi connectivity index (χ0v) is 5.31. The van der Waals surface area contributed by atoms with E-state index >= 15 is 0 Å². The van der Waals surface area contributed by atoms with Gasteiger partial charge in [-0.15, -0.1) is 0 Å². The lowest BCUT2D eigenvalue weighted by Crippen LogP contribution is -2.25. The molecule has 0 aromatic heterocycles. The molecule has 48 valence electrons. The Labute approximate surface area is 50.2 Å². The van der Waals surface area contributed by atoms with Crippen LogP contribution in [0.3, 0.4) is 0 Å². The van der Waals surface area contributed by atoms with E-state index in [2.05, 4.69) is 12.2 Å². The minimum atomic E-state index is 0.650. The molecule has 1 heterocycles. The van der Waals surface area contributed by atoms with E-state index in [1.54, 1.807) is 0 Å². The summed E-state index contributed by atoms with van der Waals surface area (Å²) in [7, 11) is 0. The fraction of sp³-hybridized carbons (Fsp3) is 1.00. The molecule has 1 aliphatic rings. The van der Waals surface area contributed by atoms with Gasteiger partial charge in [0.1, 0.15) is 0 Å². The van der Waals surface area contributed by atoms with Gasteiger partial charge in [0.25, 0.3) is 0 Å². The van der Waals surface area contributed by atoms with Gasteiger partial charge in [0.05, 0.1) is 6.73 Å². The molecule has 1 unspecified atom stereocenters. The average Bonchev–Trinajstić information content (AvgIpc) is 1.94. The van der Waals surface area contributed by atoms with Crippen LogP contribution in [0.1, 0.15) is 19.8 Å². The predicted molar refractivity (Wildman–Crippen MR) is 32.7 cm³/mol. The van der Waals surface area contributed by atoms with Gasteiger partial charge in [-0.2, -0.15) is 0 Å². The van der Waals surface area contributed by atoms with Crippen molar-refractivity contribution in [1.29, 1.82) is 0 Å². The second-order valence-corrected chi connectivity index (χ2v) is 2.30. The molecule has 8 heavy (non-hydrogen) atoms. The largest absolute Gasteiger partial charge is 0.366 e. The van der Waals surface area contributed by atoms with Crippen LogP contribution in [0.15, 0.2) is 0 Å². The average molecular weight is 115 g/mol. The van der Waals surface area contributed by atoms with E-state index in [0.717, 1.165) is 13.3 Å². The van der Waals surface area contributed by atoms with Crippen LogP contribution in [0, 0.1) is 0 Å². The number of hydrogen-bond acceptors (Lipinski definition) is 2. The van der Waals surface area contributed by atoms with Crippen LogP contribution in [-0.2, 0) is 4.74 Å². The molecule has 1 fully saturated rings. The number of nitrogens with one attached hydrogen (secondary N) is 1. The molecular weight excluding hydrogens is 102 g/mol. The molecular formula is C6H13NO. The van der Waals surface area contributed by atoms with Crippen molar-refractivity contribution in [2.24, 2.45) is 0 Å². The molecule has 0 saturated carbocycles. The third-order valence-corrected chi connectivity index (χ3v) is 1.46. The fourth-order valence-electron chi connectivity index (χ4n) is 0.867. The first-order valence-corrected chi connectivity index (χ1v) is 3.21. The second kappa shape index (κ2) is 3.05. The maximum Gasteiger partial charge on any atom is 0.0967 e. The Morgan fingerprint density at radius 3 is 3.38 bits per heavy atom. The molecule has 1 rings (SSSR count). The summed E-state index contributed by atoms with van der Waals surface area (Å²) in [5.74, 6) is 0. The van der Waals surface area contributed by atoms with Gasteiger partial charge in [0.15, 0.2) is 0 Å². The van der Waals surface area contributed by atoms with Crippen molar-refractivity contribution in [2.45, 2.75) is 25.8 Å². The van der Waals surface area contributed by atoms with Crippen LogP contribution < -0.4 is 5.32 Å². The van der Waals surface area contributed by atoms with Gasteiger partial charge in [0, 0.05) is 12.6 Å². The molecule has 0 aliphatic carbocycles. The van der Waals surface area contributed by atoms with Gasteiger partial charge in [-0.25, -0.2) is 0 Å². The molecule has 0 amide bonds. The number of ether oxygens (including phenoxy) is 1. The lowest BCUT2D eigenvalue weighted by molar-refractivity contribution is 0.129. The third kappa shape index (κ3) is 1.80. The van der Waals surface area contributed by atoms with Crippen LogP contribution in [0.5, 0.6) is 0 Å². The molecule has 0 radical (unpaired) electrons. The Balaban J connectivity index is 2.17. The van der Waals surface area contributed by atoms with E-state index in [1.807, 2.05) is 0 Å². The summed E-state index contributed by atoms with van der Waals surface area (Å²) < 4.78 is 5.15. The van der Waals surface area contributed by atoms with Gasteiger partial charge < -0.3 is 4.74 Å². The molecule has 2 heteroatoms. The van der Waals surface area contributed by atoms with Crippen LogP contribution in [0.25, 0.3) is 0 Å². The first-order valence-electron chi connectivity index (χ1n) is 3.21. The highest BCUT2D eigenvalue weighted by atomic mass is 16.5. The molecule has 1 aliphatic heterocycles. The number of rotatable bonds is 0. The van der Waals surface area contributed by atoms with E-state index in [4.69, 9.17) is 4.74 Å². The summed E-state index contributed by atoms with van der Waals surface area (Å²) in [6, 6.07) is 0.650. The maximum absolute atomic E-state index is 5.15. The van der Waals surface area contributed by atoms with Crippen molar-refractivity contribution < 1.29 is 4.74 Å². The minimum Gasteiger partial charge on any atom is -0.366 e. The fourth-order valence-corrected chi connectivity index (χ4v) is 0.867. The SMILES string of the molecule is CC1CCCOCN1. The Bertz CT molecular complexity index is 57.5. The minimum absolute atomic E-state index is 0.650. The van der Waals surface area contributed by atoms with Crippen LogP contribution in [0.4, 0.5) is 0 Å². The molecule has 2 nitrogen and oxygen atoms in total. The van der Waals surface area contributed by atoms with Crippen LogP contribution in [-0.4, -0.2) is 19.4 Å². The zero-order valence-electron chi connectivity index (χ0n) is 5.31. The summed E-state index contributed by atoms with van der Waals surface area (Å²) in [5.41, 5.74) is 0. The van der Waals surface area contributed by atoms with Crippen molar-refractivity contribution in [1.82, 2.24) is 5.32 Å². The van der Waals surface area contributed by atoms with Gasteiger partial charge in [0.2, 0.25) is 0 Å². The Kier molecular flexibility index (Phi) is 2.30. The third-order valence-electron chi connectivity index (χ3n) is 1.46. The molecule has 1 saturated heterocycles. The van der Waals surface area contributed by atoms with Gasteiger partial charge in [-0.3, -0.25) is 5.32 Å². The lowest BCUT2D eigenvalue weighted by atomic mass is 10.2. The van der Waals surface area contributed by atoms with E-state index in [9.17, 15) is 0 Å². The molecule has 1 N–H and O–H groups in total. The smallest absolute Gasteiger partial charge is 0.0967 e. The first-order chi connectivity index (χ1) is 3.89. The van der Waals surface area contributed by atoms with Gasteiger partial charge in [-0.05, 0) is 19.8 Å². The predicted octanol–water partition coefficient (Wildman–Crippen LogP) is 0.732. The molecule has 0 spiro atoms. The highest BCUT2D eigenvalue weighted by Crippen LogP contribution is 1.99. The highest BCUT2D eigenvalue weighted by molar-refractivity contribution is 4.59. The Morgan fingerprint density at radius 2 is 2.50 bits per heavy atom. The van der Waals surface area contributed by atoms with Crippen LogP contribution in [0.2, 0.25) is 0 Å². The van der Waals surface area contributed by atoms with Gasteiger partial charge in [-0.1, -0.05) is 0 Å². The van der Waals surface area contributed by atoms with Crippen molar-refractivity contribution in [3.05, 3.63) is 0 Å². The summed E-state index contributed by atoms with van der Waals surface area (Å²) in [6.07, 6.45) is 2.45. The van der Waals surface area contributed by atoms with E-state index < -0.39 is 0 Å². The van der Waals surface area contributed by atoms with Crippen molar-refractivity contribution in [3.8, 4) is 0 Å². The maximum atomic E-state index is 5.15. The zero-order chi connectivity index (χ0) is 5.82. The van der Waals surface area contributed by atoms with Crippen molar-refractivity contribution >= 4 is 0 Å². The molecule has 0 aromatic carbocycles. The topological polar surface area (TPSA) is 21.3 Å². The lowest BCUT2D eigenvalue weighted by Gasteiger charge is -2.05. The van der Waals surface area contributed by atoms with E-state index in [0.29, 0.717) is 6.04 Å². The molecule has 0 aromatic rings. The standard InChI is InChI=1S/C6H13NO/c1-6-3-2-4-8-5-7-6/h6-7H,2-5H2,1H3. The Morgan fingerprint density at radius 1 is 1.62 bits per heavy atom. The summed E-state index contributed by atoms with van der Waals surface area (Å²) in [4.78, 5) is 0. The number of hydrogen-bond donors (Lipinski definition) is 1. The van der Waals surface area contributed by atoms with Crippen LogP contribution >= 0.6 is 0 Å². The van der Waals surface area contributed by atoms with Gasteiger partial charge >= 0.3 is 0 Å².